The van der Waals surface area contributed by atoms with E-state index in [1.54, 1.807) is 0 Å². The van der Waals surface area contributed by atoms with Crippen LogP contribution in [0.15, 0.2) is 12.1 Å². The number of ether oxygens (including phenoxy) is 2. The molecule has 1 aromatic carbocycles. The fourth-order valence-corrected chi connectivity index (χ4v) is 1.58. The van der Waals surface area contributed by atoms with E-state index in [0.717, 1.165) is 12.1 Å². The van der Waals surface area contributed by atoms with Crippen molar-refractivity contribution in [3.05, 3.63) is 29.3 Å². The molecule has 0 aromatic heterocycles. The Labute approximate surface area is 96.3 Å². The van der Waals surface area contributed by atoms with Crippen LogP contribution in [0, 0.1) is 11.6 Å². The summed E-state index contributed by atoms with van der Waals surface area (Å²) in [5.41, 5.74) is 4.31. The molecule has 1 saturated heterocycles. The number of anilines is 1. The predicted octanol–water partition coefficient (Wildman–Crippen LogP) is 1.49. The van der Waals surface area contributed by atoms with Crippen molar-refractivity contribution in [2.75, 3.05) is 18.9 Å². The van der Waals surface area contributed by atoms with E-state index in [1.807, 2.05) is 0 Å². The van der Waals surface area contributed by atoms with Gasteiger partial charge in [-0.3, -0.25) is 0 Å². The largest absolute Gasteiger partial charge is 0.456 e. The second-order valence-corrected chi connectivity index (χ2v) is 3.75. The second kappa shape index (κ2) is 4.67. The van der Waals surface area contributed by atoms with Gasteiger partial charge in [0, 0.05) is 6.42 Å². The van der Waals surface area contributed by atoms with E-state index in [1.165, 1.54) is 0 Å². The number of rotatable bonds is 2. The number of nitrogen functional groups attached to an aromatic ring is 1. The van der Waals surface area contributed by atoms with Crippen LogP contribution in [0.1, 0.15) is 16.8 Å². The zero-order chi connectivity index (χ0) is 12.4. The van der Waals surface area contributed by atoms with E-state index in [9.17, 15) is 13.6 Å². The molecule has 1 aliphatic rings. The molecule has 1 atom stereocenters. The summed E-state index contributed by atoms with van der Waals surface area (Å²) in [4.78, 5) is 11.6. The lowest BCUT2D eigenvalue weighted by Gasteiger charge is -2.11. The normalized spacial score (nSPS) is 19.3. The highest BCUT2D eigenvalue weighted by Gasteiger charge is 2.24. The Morgan fingerprint density at radius 2 is 2.24 bits per heavy atom. The van der Waals surface area contributed by atoms with Gasteiger partial charge in [0.2, 0.25) is 0 Å². The molecule has 17 heavy (non-hydrogen) atoms. The molecule has 2 rings (SSSR count). The van der Waals surface area contributed by atoms with Crippen molar-refractivity contribution in [3.63, 3.8) is 0 Å². The van der Waals surface area contributed by atoms with Gasteiger partial charge >= 0.3 is 5.97 Å². The van der Waals surface area contributed by atoms with Crippen molar-refractivity contribution in [1.29, 1.82) is 0 Å². The van der Waals surface area contributed by atoms with E-state index in [4.69, 9.17) is 15.2 Å². The van der Waals surface area contributed by atoms with Gasteiger partial charge in [-0.05, 0) is 12.1 Å². The Hall–Kier alpha value is -1.69. The lowest BCUT2D eigenvalue weighted by atomic mass is 10.2. The molecule has 6 heteroatoms. The first kappa shape index (κ1) is 11.8. The zero-order valence-electron chi connectivity index (χ0n) is 8.91. The van der Waals surface area contributed by atoms with Crippen molar-refractivity contribution >= 4 is 11.7 Å². The SMILES string of the molecule is Nc1cc(F)cc(C(=O)OC2CCOC2)c1F. The first-order chi connectivity index (χ1) is 8.08. The van der Waals surface area contributed by atoms with Crippen LogP contribution < -0.4 is 5.73 Å². The average Bonchev–Trinajstić information content (AvgIpc) is 2.76. The highest BCUT2D eigenvalue weighted by molar-refractivity contribution is 5.91. The molecule has 0 spiro atoms. The van der Waals surface area contributed by atoms with Crippen LogP contribution in [0.4, 0.5) is 14.5 Å². The lowest BCUT2D eigenvalue weighted by Crippen LogP contribution is -2.19. The molecule has 1 aliphatic heterocycles. The minimum absolute atomic E-state index is 0.276. The Kier molecular flexibility index (Phi) is 3.23. The molecule has 0 saturated carbocycles. The molecule has 4 nitrogen and oxygen atoms in total. The topological polar surface area (TPSA) is 61.6 Å². The molecule has 2 N–H and O–H groups in total. The Bertz CT molecular complexity index is 445. The third kappa shape index (κ3) is 2.52. The summed E-state index contributed by atoms with van der Waals surface area (Å²) in [7, 11) is 0. The van der Waals surface area contributed by atoms with Gasteiger partial charge in [-0.15, -0.1) is 0 Å². The summed E-state index contributed by atoms with van der Waals surface area (Å²) < 4.78 is 36.4. The molecule has 1 aromatic rings. The number of hydrogen-bond donors (Lipinski definition) is 1. The first-order valence-corrected chi connectivity index (χ1v) is 5.11. The minimum Gasteiger partial charge on any atom is -0.456 e. The third-order valence-corrected chi connectivity index (χ3v) is 2.45. The molecule has 0 amide bonds. The smallest absolute Gasteiger partial charge is 0.341 e. The van der Waals surface area contributed by atoms with Crippen LogP contribution in [0.3, 0.4) is 0 Å². The van der Waals surface area contributed by atoms with Gasteiger partial charge in [0.1, 0.15) is 17.5 Å². The summed E-state index contributed by atoms with van der Waals surface area (Å²) in [6, 6.07) is 1.58. The minimum atomic E-state index is -0.963. The number of nitrogens with two attached hydrogens (primary N) is 1. The second-order valence-electron chi connectivity index (χ2n) is 3.75. The van der Waals surface area contributed by atoms with Gasteiger partial charge in [0.05, 0.1) is 18.9 Å². The van der Waals surface area contributed by atoms with Gasteiger partial charge in [0.25, 0.3) is 0 Å². The number of esters is 1. The van der Waals surface area contributed by atoms with E-state index in [2.05, 4.69) is 0 Å². The zero-order valence-corrected chi connectivity index (χ0v) is 8.91. The standard InChI is InChI=1S/C11H11F2NO3/c12-6-3-8(10(13)9(14)4-6)11(15)17-7-1-2-16-5-7/h3-4,7H,1-2,5,14H2. The highest BCUT2D eigenvalue weighted by Crippen LogP contribution is 2.20. The van der Waals surface area contributed by atoms with E-state index in [-0.39, 0.29) is 6.61 Å². The first-order valence-electron chi connectivity index (χ1n) is 5.11. The Morgan fingerprint density at radius 1 is 1.47 bits per heavy atom. The third-order valence-electron chi connectivity index (χ3n) is 2.45. The van der Waals surface area contributed by atoms with E-state index in [0.29, 0.717) is 13.0 Å². The van der Waals surface area contributed by atoms with Crippen molar-refractivity contribution < 1.29 is 23.0 Å². The number of halogens is 2. The molecule has 1 unspecified atom stereocenters. The molecule has 1 heterocycles. The van der Waals surface area contributed by atoms with Crippen molar-refractivity contribution in [3.8, 4) is 0 Å². The summed E-state index contributed by atoms with van der Waals surface area (Å²) in [5.74, 6) is -2.67. The van der Waals surface area contributed by atoms with Crippen LogP contribution in [-0.2, 0) is 9.47 Å². The fraction of sp³-hybridized carbons (Fsp3) is 0.364. The van der Waals surface area contributed by atoms with E-state index < -0.39 is 35.0 Å². The van der Waals surface area contributed by atoms with Crippen molar-refractivity contribution in [2.24, 2.45) is 0 Å². The lowest BCUT2D eigenvalue weighted by molar-refractivity contribution is 0.0265. The number of hydrogen-bond acceptors (Lipinski definition) is 4. The maximum atomic E-state index is 13.5. The van der Waals surface area contributed by atoms with Gasteiger partial charge in [-0.25, -0.2) is 13.6 Å². The Balaban J connectivity index is 2.18. The molecule has 0 radical (unpaired) electrons. The van der Waals surface area contributed by atoms with Gasteiger partial charge in [-0.2, -0.15) is 0 Å². The molecule has 1 fully saturated rings. The molecular weight excluding hydrogens is 232 g/mol. The number of carbonyl (C=O) groups is 1. The summed E-state index contributed by atoms with van der Waals surface area (Å²) >= 11 is 0. The maximum Gasteiger partial charge on any atom is 0.341 e. The van der Waals surface area contributed by atoms with Crippen LogP contribution >= 0.6 is 0 Å². The molecule has 92 valence electrons. The Morgan fingerprint density at radius 3 is 2.88 bits per heavy atom. The van der Waals surface area contributed by atoms with Crippen LogP contribution in [-0.4, -0.2) is 25.3 Å². The summed E-state index contributed by atoms with van der Waals surface area (Å²) in [6.07, 6.45) is 0.143. The van der Waals surface area contributed by atoms with Crippen molar-refractivity contribution in [1.82, 2.24) is 0 Å². The number of benzene rings is 1. The van der Waals surface area contributed by atoms with Crippen LogP contribution in [0.5, 0.6) is 0 Å². The number of carbonyl (C=O) groups excluding carboxylic acids is 1. The van der Waals surface area contributed by atoms with Gasteiger partial charge < -0.3 is 15.2 Å². The fourth-order valence-electron chi connectivity index (χ4n) is 1.58. The van der Waals surface area contributed by atoms with Crippen molar-refractivity contribution in [2.45, 2.75) is 12.5 Å². The molecular formula is C11H11F2NO3. The summed E-state index contributed by atoms with van der Waals surface area (Å²) in [6.45, 7) is 0.768. The monoisotopic (exact) mass is 243 g/mol. The van der Waals surface area contributed by atoms with Crippen LogP contribution in [0.25, 0.3) is 0 Å². The van der Waals surface area contributed by atoms with E-state index >= 15 is 0 Å². The van der Waals surface area contributed by atoms with Gasteiger partial charge in [0.15, 0.2) is 5.82 Å². The highest BCUT2D eigenvalue weighted by atomic mass is 19.1. The summed E-state index contributed by atoms with van der Waals surface area (Å²) in [5, 5.41) is 0. The van der Waals surface area contributed by atoms with Gasteiger partial charge in [-0.1, -0.05) is 0 Å². The molecule has 0 aliphatic carbocycles. The average molecular weight is 243 g/mol. The molecule has 0 bridgehead atoms. The van der Waals surface area contributed by atoms with Crippen LogP contribution in [0.2, 0.25) is 0 Å². The quantitative estimate of drug-likeness (QED) is 0.631. The maximum absolute atomic E-state index is 13.5. The predicted molar refractivity (Wildman–Crippen MR) is 55.4 cm³/mol.